The highest BCUT2D eigenvalue weighted by Gasteiger charge is 2.38. The van der Waals surface area contributed by atoms with Crippen molar-refractivity contribution in [2.24, 2.45) is 0 Å². The summed E-state index contributed by atoms with van der Waals surface area (Å²) >= 11 is 6.81. The van der Waals surface area contributed by atoms with Crippen molar-refractivity contribution in [1.29, 1.82) is 0 Å². The van der Waals surface area contributed by atoms with Gasteiger partial charge in [0.15, 0.2) is 11.8 Å². The molecule has 1 fully saturated rings. The lowest BCUT2D eigenvalue weighted by Gasteiger charge is -2.41. The van der Waals surface area contributed by atoms with Crippen LogP contribution >= 0.6 is 11.6 Å². The number of carboxylic acids is 1. The standard InChI is InChI=1S/C37H45ClN4O5/c1-23-11-7-8-20-45-37(6)16-18-41(19-17-37)34-31(33(35(43)44)47-36(3,4)5)24(2)39-30-22-28(40-42(30)34)25-12-9-13-26(21-25)32-27(38)14-10-15-29(32)46-23/h9-10,12-15,21-23,33H,7-8,11,16-20H2,1-6H3,(H,43,44)/t23-,33-/m0/s1. The number of piperidine rings is 1. The summed E-state index contributed by atoms with van der Waals surface area (Å²) in [6.45, 7) is 13.7. The molecule has 0 saturated carbocycles. The molecule has 250 valence electrons. The van der Waals surface area contributed by atoms with Gasteiger partial charge < -0.3 is 24.2 Å². The fourth-order valence-electron chi connectivity index (χ4n) is 6.63. The van der Waals surface area contributed by atoms with Crippen LogP contribution in [0.3, 0.4) is 0 Å². The van der Waals surface area contributed by atoms with Crippen molar-refractivity contribution in [2.45, 2.75) is 97.1 Å². The number of hydrogen-bond acceptors (Lipinski definition) is 7. The number of benzene rings is 2. The molecule has 47 heavy (non-hydrogen) atoms. The lowest BCUT2D eigenvalue weighted by Crippen LogP contribution is -2.46. The van der Waals surface area contributed by atoms with Gasteiger partial charge in [-0.2, -0.15) is 9.61 Å². The Balaban J connectivity index is 1.54. The minimum absolute atomic E-state index is 0.0112. The highest BCUT2D eigenvalue weighted by molar-refractivity contribution is 6.33. The Morgan fingerprint density at radius 3 is 2.55 bits per heavy atom. The van der Waals surface area contributed by atoms with Crippen LogP contribution in [0.4, 0.5) is 5.82 Å². The average Bonchev–Trinajstić information content (AvgIpc) is 3.43. The maximum Gasteiger partial charge on any atom is 0.337 e. The Hall–Kier alpha value is -3.66. The van der Waals surface area contributed by atoms with Crippen LogP contribution in [0.25, 0.3) is 28.0 Å². The maximum absolute atomic E-state index is 12.8. The van der Waals surface area contributed by atoms with Crippen LogP contribution in [-0.4, -0.2) is 62.7 Å². The number of ether oxygens (including phenoxy) is 3. The number of hydrogen-bond donors (Lipinski definition) is 1. The number of fused-ring (bicyclic) bond motifs is 8. The Bertz CT molecular complexity index is 1770. The highest BCUT2D eigenvalue weighted by Crippen LogP contribution is 2.41. The number of aliphatic carboxylic acids is 1. The second kappa shape index (κ2) is 13.1. The maximum atomic E-state index is 12.8. The molecule has 5 heterocycles. The molecule has 1 N–H and O–H groups in total. The number of carbonyl (C=O) groups is 1. The summed E-state index contributed by atoms with van der Waals surface area (Å²) in [5.41, 5.74) is 4.11. The predicted octanol–water partition coefficient (Wildman–Crippen LogP) is 8.29. The molecule has 10 heteroatoms. The summed E-state index contributed by atoms with van der Waals surface area (Å²) in [6.07, 6.45) is 3.19. The van der Waals surface area contributed by atoms with E-state index < -0.39 is 17.7 Å². The van der Waals surface area contributed by atoms with Gasteiger partial charge in [-0.1, -0.05) is 35.9 Å². The zero-order valence-corrected chi connectivity index (χ0v) is 28.9. The Morgan fingerprint density at radius 1 is 1.11 bits per heavy atom. The Labute approximate surface area is 281 Å². The summed E-state index contributed by atoms with van der Waals surface area (Å²) in [5.74, 6) is 0.367. The van der Waals surface area contributed by atoms with Crippen LogP contribution < -0.4 is 9.64 Å². The number of aryl methyl sites for hydroxylation is 1. The number of carboxylic acid groups (broad SMARTS) is 1. The second-order valence-electron chi connectivity index (χ2n) is 14.1. The van der Waals surface area contributed by atoms with Gasteiger partial charge in [0, 0.05) is 42.6 Å². The molecule has 2 aromatic carbocycles. The van der Waals surface area contributed by atoms with Crippen molar-refractivity contribution in [3.8, 4) is 28.1 Å². The monoisotopic (exact) mass is 660 g/mol. The van der Waals surface area contributed by atoms with Gasteiger partial charge in [0.2, 0.25) is 0 Å². The van der Waals surface area contributed by atoms with Crippen molar-refractivity contribution in [2.75, 3.05) is 24.6 Å². The molecule has 3 aliphatic heterocycles. The van der Waals surface area contributed by atoms with E-state index in [1.807, 2.05) is 70.2 Å². The molecule has 0 amide bonds. The van der Waals surface area contributed by atoms with Gasteiger partial charge in [-0.3, -0.25) is 0 Å². The van der Waals surface area contributed by atoms with Crippen LogP contribution in [0.1, 0.15) is 84.1 Å². The fourth-order valence-corrected chi connectivity index (χ4v) is 6.91. The van der Waals surface area contributed by atoms with Crippen molar-refractivity contribution in [3.63, 3.8) is 0 Å². The molecule has 2 aromatic heterocycles. The first-order valence-corrected chi connectivity index (χ1v) is 17.0. The lowest BCUT2D eigenvalue weighted by atomic mass is 9.92. The number of nitrogens with zero attached hydrogens (tertiary/aromatic N) is 4. The average molecular weight is 661 g/mol. The molecule has 1 saturated heterocycles. The van der Waals surface area contributed by atoms with Gasteiger partial charge in [-0.25, -0.2) is 9.78 Å². The first kappa shape index (κ1) is 33.2. The van der Waals surface area contributed by atoms with E-state index in [4.69, 9.17) is 35.9 Å². The third kappa shape index (κ3) is 7.12. The van der Waals surface area contributed by atoms with Gasteiger partial charge in [-0.05, 0) is 97.4 Å². The van der Waals surface area contributed by atoms with Crippen molar-refractivity contribution >= 4 is 29.0 Å². The van der Waals surface area contributed by atoms with Crippen molar-refractivity contribution in [3.05, 3.63) is 64.8 Å². The Morgan fingerprint density at radius 2 is 1.83 bits per heavy atom. The lowest BCUT2D eigenvalue weighted by molar-refractivity contribution is -0.160. The Kier molecular flexibility index (Phi) is 9.26. The molecule has 4 aromatic rings. The predicted molar refractivity (Wildman–Crippen MR) is 185 cm³/mol. The molecule has 2 atom stereocenters. The molecule has 0 unspecified atom stereocenters. The van der Waals surface area contributed by atoms with Gasteiger partial charge in [0.25, 0.3) is 0 Å². The third-order valence-corrected chi connectivity index (χ3v) is 9.40. The minimum atomic E-state index is -1.23. The molecule has 3 aliphatic rings. The summed E-state index contributed by atoms with van der Waals surface area (Å²) in [5, 5.41) is 16.2. The molecule has 9 nitrogen and oxygen atoms in total. The largest absolute Gasteiger partial charge is 0.490 e. The quantitative estimate of drug-likeness (QED) is 0.234. The topological polar surface area (TPSA) is 98.4 Å². The van der Waals surface area contributed by atoms with E-state index >= 15 is 0 Å². The zero-order valence-electron chi connectivity index (χ0n) is 28.2. The minimum Gasteiger partial charge on any atom is -0.490 e. The summed E-state index contributed by atoms with van der Waals surface area (Å²) in [6, 6.07) is 15.8. The first-order chi connectivity index (χ1) is 22.3. The SMILES string of the molecule is Cc1nc2cc3nn2c(c1[C@H](OC(C)(C)C)C(=O)O)N1CCC(C)(CC1)OCCCC[C@H](C)Oc1cccc(Cl)c1-c1cccc-3c1. The number of rotatable bonds is 3. The van der Waals surface area contributed by atoms with E-state index in [0.29, 0.717) is 53.1 Å². The number of halogens is 1. The van der Waals surface area contributed by atoms with E-state index in [-0.39, 0.29) is 11.7 Å². The van der Waals surface area contributed by atoms with Crippen molar-refractivity contribution < 1.29 is 24.1 Å². The summed E-state index contributed by atoms with van der Waals surface area (Å²) < 4.78 is 21.0. The molecular formula is C37H45ClN4O5. The zero-order chi connectivity index (χ0) is 33.5. The molecule has 6 bridgehead atoms. The molecular weight excluding hydrogens is 616 g/mol. The van der Waals surface area contributed by atoms with E-state index in [1.54, 1.807) is 4.52 Å². The van der Waals surface area contributed by atoms with Gasteiger partial charge in [-0.15, -0.1) is 0 Å². The van der Waals surface area contributed by atoms with Crippen LogP contribution in [-0.2, 0) is 14.3 Å². The van der Waals surface area contributed by atoms with Crippen LogP contribution in [0.5, 0.6) is 5.75 Å². The second-order valence-corrected chi connectivity index (χ2v) is 14.5. The summed E-state index contributed by atoms with van der Waals surface area (Å²) in [7, 11) is 0. The fraction of sp³-hybridized carbons (Fsp3) is 0.486. The smallest absolute Gasteiger partial charge is 0.337 e. The van der Waals surface area contributed by atoms with Crippen LogP contribution in [0, 0.1) is 6.92 Å². The summed E-state index contributed by atoms with van der Waals surface area (Å²) in [4.78, 5) is 19.9. The van der Waals surface area contributed by atoms with E-state index in [1.165, 1.54) is 0 Å². The van der Waals surface area contributed by atoms with Crippen LogP contribution in [0.2, 0.25) is 5.02 Å². The van der Waals surface area contributed by atoms with E-state index in [9.17, 15) is 9.90 Å². The van der Waals surface area contributed by atoms with Gasteiger partial charge >= 0.3 is 5.97 Å². The first-order valence-electron chi connectivity index (χ1n) is 16.6. The number of anilines is 1. The molecule has 0 spiro atoms. The van der Waals surface area contributed by atoms with Crippen molar-refractivity contribution in [1.82, 2.24) is 14.6 Å². The molecule has 0 aliphatic carbocycles. The highest BCUT2D eigenvalue weighted by atomic mass is 35.5. The number of aromatic nitrogens is 3. The van der Waals surface area contributed by atoms with Gasteiger partial charge in [0.05, 0.1) is 33.6 Å². The van der Waals surface area contributed by atoms with E-state index in [2.05, 4.69) is 24.8 Å². The van der Waals surface area contributed by atoms with E-state index in [0.717, 1.165) is 54.5 Å². The normalized spacial score (nSPS) is 21.3. The van der Waals surface area contributed by atoms with Gasteiger partial charge in [0.1, 0.15) is 11.6 Å². The molecule has 7 rings (SSSR count). The molecule has 0 radical (unpaired) electrons. The van der Waals surface area contributed by atoms with Crippen LogP contribution in [0.15, 0.2) is 48.5 Å². The third-order valence-electron chi connectivity index (χ3n) is 9.09.